The van der Waals surface area contributed by atoms with Crippen molar-refractivity contribution < 1.29 is 14.7 Å². The van der Waals surface area contributed by atoms with E-state index in [1.165, 1.54) is 10.6 Å². The van der Waals surface area contributed by atoms with E-state index < -0.39 is 5.97 Å². The summed E-state index contributed by atoms with van der Waals surface area (Å²) in [6.07, 6.45) is 1.40. The van der Waals surface area contributed by atoms with E-state index in [-0.39, 0.29) is 24.8 Å². The summed E-state index contributed by atoms with van der Waals surface area (Å²) in [5, 5.41) is 16.8. The standard InChI is InChI=1S/C19H20N2O3S/c1-2-13-5-7-14(8-6-13)15-12-16(17-4-3-11-25-17)21(20-15)18(22)9-10-19(23)24/h3-8,11,16H,2,9-10,12H2,1H3,(H,23,24)/t16-/m1/s1. The number of rotatable bonds is 6. The highest BCUT2D eigenvalue weighted by Crippen LogP contribution is 2.35. The van der Waals surface area contributed by atoms with Crippen molar-refractivity contribution in [3.05, 3.63) is 57.8 Å². The first kappa shape index (κ1) is 17.4. The van der Waals surface area contributed by atoms with Crippen LogP contribution < -0.4 is 0 Å². The van der Waals surface area contributed by atoms with Gasteiger partial charge in [-0.05, 0) is 29.0 Å². The fourth-order valence-electron chi connectivity index (χ4n) is 2.88. The van der Waals surface area contributed by atoms with E-state index in [0.717, 1.165) is 22.6 Å². The first-order valence-corrected chi connectivity index (χ1v) is 9.20. The molecular formula is C19H20N2O3S. The van der Waals surface area contributed by atoms with Crippen molar-refractivity contribution in [1.82, 2.24) is 5.01 Å². The zero-order valence-electron chi connectivity index (χ0n) is 14.0. The minimum Gasteiger partial charge on any atom is -0.481 e. The molecule has 0 fully saturated rings. The lowest BCUT2D eigenvalue weighted by molar-refractivity contribution is -0.141. The molecule has 1 aromatic carbocycles. The van der Waals surface area contributed by atoms with Gasteiger partial charge in [0.2, 0.25) is 5.91 Å². The maximum Gasteiger partial charge on any atom is 0.303 e. The van der Waals surface area contributed by atoms with Gasteiger partial charge in [0.25, 0.3) is 0 Å². The number of hydrogen-bond acceptors (Lipinski definition) is 4. The predicted octanol–water partition coefficient (Wildman–Crippen LogP) is 3.85. The van der Waals surface area contributed by atoms with Crippen LogP contribution >= 0.6 is 11.3 Å². The topological polar surface area (TPSA) is 70.0 Å². The first-order valence-electron chi connectivity index (χ1n) is 8.32. The minimum absolute atomic E-state index is 0.0389. The molecule has 1 amide bonds. The monoisotopic (exact) mass is 356 g/mol. The molecule has 6 heteroatoms. The molecule has 1 N–H and O–H groups in total. The Kier molecular flexibility index (Phi) is 5.28. The number of benzene rings is 1. The largest absolute Gasteiger partial charge is 0.481 e. The van der Waals surface area contributed by atoms with E-state index in [1.807, 2.05) is 29.6 Å². The summed E-state index contributed by atoms with van der Waals surface area (Å²) in [5.74, 6) is -1.22. The second-order valence-corrected chi connectivity index (χ2v) is 6.94. The van der Waals surface area contributed by atoms with Crippen LogP contribution in [0.1, 0.15) is 48.2 Å². The van der Waals surface area contributed by atoms with Crippen LogP contribution in [0.5, 0.6) is 0 Å². The summed E-state index contributed by atoms with van der Waals surface area (Å²) in [5.41, 5.74) is 3.13. The highest BCUT2D eigenvalue weighted by Gasteiger charge is 2.33. The number of thiophene rings is 1. The van der Waals surface area contributed by atoms with Gasteiger partial charge in [0.15, 0.2) is 0 Å². The molecule has 0 unspecified atom stereocenters. The van der Waals surface area contributed by atoms with Gasteiger partial charge in [0, 0.05) is 17.7 Å². The summed E-state index contributed by atoms with van der Waals surface area (Å²) < 4.78 is 0. The van der Waals surface area contributed by atoms with E-state index in [2.05, 4.69) is 24.2 Å². The van der Waals surface area contributed by atoms with Crippen molar-refractivity contribution in [3.63, 3.8) is 0 Å². The fraction of sp³-hybridized carbons (Fsp3) is 0.316. The van der Waals surface area contributed by atoms with Crippen LogP contribution in [0, 0.1) is 0 Å². The lowest BCUT2D eigenvalue weighted by atomic mass is 10.0. The van der Waals surface area contributed by atoms with Crippen LogP contribution in [-0.4, -0.2) is 27.7 Å². The Morgan fingerprint density at radius 2 is 2.00 bits per heavy atom. The number of hydrogen-bond donors (Lipinski definition) is 1. The third kappa shape index (κ3) is 3.96. The van der Waals surface area contributed by atoms with Crippen molar-refractivity contribution in [3.8, 4) is 0 Å². The lowest BCUT2D eigenvalue weighted by Gasteiger charge is -2.20. The minimum atomic E-state index is -0.973. The molecule has 0 radical (unpaired) electrons. The number of hydrazone groups is 1. The predicted molar refractivity (Wildman–Crippen MR) is 97.7 cm³/mol. The number of carboxylic acid groups (broad SMARTS) is 1. The second-order valence-electron chi connectivity index (χ2n) is 5.96. The molecule has 0 bridgehead atoms. The van der Waals surface area contributed by atoms with E-state index in [1.54, 1.807) is 11.3 Å². The molecule has 5 nitrogen and oxygen atoms in total. The highest BCUT2D eigenvalue weighted by molar-refractivity contribution is 7.10. The summed E-state index contributed by atoms with van der Waals surface area (Å²) >= 11 is 1.59. The smallest absolute Gasteiger partial charge is 0.303 e. The van der Waals surface area contributed by atoms with Gasteiger partial charge in [-0.25, -0.2) is 5.01 Å². The number of carbonyl (C=O) groups excluding carboxylic acids is 1. The zero-order chi connectivity index (χ0) is 17.8. The van der Waals surface area contributed by atoms with Gasteiger partial charge in [-0.2, -0.15) is 5.10 Å². The molecule has 0 saturated carbocycles. The molecule has 1 aliphatic rings. The maximum atomic E-state index is 12.5. The Labute approximate surface area is 150 Å². The average molecular weight is 356 g/mol. The molecule has 2 heterocycles. The highest BCUT2D eigenvalue weighted by atomic mass is 32.1. The van der Waals surface area contributed by atoms with Gasteiger partial charge in [-0.1, -0.05) is 37.3 Å². The second kappa shape index (κ2) is 7.61. The Morgan fingerprint density at radius 1 is 1.24 bits per heavy atom. The van der Waals surface area contributed by atoms with Crippen LogP contribution in [0.4, 0.5) is 0 Å². The Hall–Kier alpha value is -2.47. The Balaban J connectivity index is 1.85. The molecule has 0 saturated heterocycles. The lowest BCUT2D eigenvalue weighted by Crippen LogP contribution is -2.26. The van der Waals surface area contributed by atoms with Gasteiger partial charge < -0.3 is 5.11 Å². The molecule has 1 atom stereocenters. The van der Waals surface area contributed by atoms with Gasteiger partial charge in [-0.15, -0.1) is 11.3 Å². The van der Waals surface area contributed by atoms with Crippen molar-refractivity contribution in [1.29, 1.82) is 0 Å². The zero-order valence-corrected chi connectivity index (χ0v) is 14.8. The van der Waals surface area contributed by atoms with E-state index >= 15 is 0 Å². The third-order valence-corrected chi connectivity index (χ3v) is 5.26. The molecule has 25 heavy (non-hydrogen) atoms. The molecule has 2 aromatic rings. The van der Waals surface area contributed by atoms with Gasteiger partial charge in [0.05, 0.1) is 18.2 Å². The van der Waals surface area contributed by atoms with Crippen LogP contribution in [0.3, 0.4) is 0 Å². The van der Waals surface area contributed by atoms with Crippen LogP contribution in [0.15, 0.2) is 46.9 Å². The van der Waals surface area contributed by atoms with E-state index in [0.29, 0.717) is 6.42 Å². The molecule has 130 valence electrons. The first-order chi connectivity index (χ1) is 12.1. The number of carbonyl (C=O) groups is 2. The van der Waals surface area contributed by atoms with Gasteiger partial charge >= 0.3 is 5.97 Å². The van der Waals surface area contributed by atoms with Crippen LogP contribution in [0.2, 0.25) is 0 Å². The summed E-state index contributed by atoms with van der Waals surface area (Å²) in [4.78, 5) is 24.3. The number of aliphatic carboxylic acids is 1. The van der Waals surface area contributed by atoms with E-state index in [9.17, 15) is 9.59 Å². The average Bonchev–Trinajstić information content (AvgIpc) is 3.29. The van der Waals surface area contributed by atoms with Crippen LogP contribution in [-0.2, 0) is 16.0 Å². The molecule has 1 aromatic heterocycles. The summed E-state index contributed by atoms with van der Waals surface area (Å²) in [7, 11) is 0. The molecule has 0 spiro atoms. The number of amides is 1. The molecule has 1 aliphatic heterocycles. The molecule has 0 aliphatic carbocycles. The number of carboxylic acids is 1. The quantitative estimate of drug-likeness (QED) is 0.854. The molecule has 3 rings (SSSR count). The van der Waals surface area contributed by atoms with Crippen molar-refractivity contribution in [2.24, 2.45) is 5.10 Å². The number of nitrogens with zero attached hydrogens (tertiary/aromatic N) is 2. The normalized spacial score (nSPS) is 16.8. The SMILES string of the molecule is CCc1ccc(C2=NN(C(=O)CCC(=O)O)[C@@H](c3cccs3)C2)cc1. The molecular weight excluding hydrogens is 336 g/mol. The van der Waals surface area contributed by atoms with Crippen molar-refractivity contribution in [2.45, 2.75) is 38.6 Å². The summed E-state index contributed by atoms with van der Waals surface area (Å²) in [6.45, 7) is 2.11. The van der Waals surface area contributed by atoms with Gasteiger partial charge in [-0.3, -0.25) is 9.59 Å². The van der Waals surface area contributed by atoms with E-state index in [4.69, 9.17) is 5.11 Å². The number of aryl methyl sites for hydroxylation is 1. The Morgan fingerprint density at radius 3 is 2.60 bits per heavy atom. The van der Waals surface area contributed by atoms with Crippen molar-refractivity contribution in [2.75, 3.05) is 0 Å². The third-order valence-electron chi connectivity index (χ3n) is 4.29. The summed E-state index contributed by atoms with van der Waals surface area (Å²) in [6, 6.07) is 12.0. The van der Waals surface area contributed by atoms with Crippen molar-refractivity contribution >= 4 is 28.9 Å². The Bertz CT molecular complexity index is 782. The maximum absolute atomic E-state index is 12.5. The fourth-order valence-corrected chi connectivity index (χ4v) is 3.69. The van der Waals surface area contributed by atoms with Crippen LogP contribution in [0.25, 0.3) is 0 Å². The van der Waals surface area contributed by atoms with Gasteiger partial charge in [0.1, 0.15) is 0 Å².